The number of benzene rings is 1. The van der Waals surface area contributed by atoms with E-state index >= 15 is 0 Å². The highest BCUT2D eigenvalue weighted by molar-refractivity contribution is 5.87. The number of hydrogen-bond acceptors (Lipinski definition) is 11. The van der Waals surface area contributed by atoms with E-state index in [0.717, 1.165) is 0 Å². The van der Waals surface area contributed by atoms with Gasteiger partial charge >= 0.3 is 5.63 Å². The van der Waals surface area contributed by atoms with Crippen molar-refractivity contribution in [1.82, 2.24) is 0 Å². The summed E-state index contributed by atoms with van der Waals surface area (Å²) in [6.07, 6.45) is -8.52. The van der Waals surface area contributed by atoms with Crippen molar-refractivity contribution < 1.29 is 48.9 Å². The van der Waals surface area contributed by atoms with Crippen LogP contribution in [0.5, 0.6) is 11.5 Å². The maximum absolute atomic E-state index is 11.6. The molecule has 184 valence electrons. The van der Waals surface area contributed by atoms with Gasteiger partial charge in [-0.3, -0.25) is 0 Å². The van der Waals surface area contributed by atoms with Gasteiger partial charge in [0.1, 0.15) is 41.5 Å². The average molecular weight is 470 g/mol. The van der Waals surface area contributed by atoms with Crippen LogP contribution in [0.1, 0.15) is 19.4 Å². The summed E-state index contributed by atoms with van der Waals surface area (Å²) < 4.78 is 27.3. The number of ether oxygens (including phenoxy) is 4. The minimum absolute atomic E-state index is 0.0220. The third-order valence-electron chi connectivity index (χ3n) is 5.83. The zero-order chi connectivity index (χ0) is 24.5. The lowest BCUT2D eigenvalue weighted by Gasteiger charge is -2.43. The fourth-order valence-corrected chi connectivity index (χ4v) is 3.80. The number of aliphatic hydroxyl groups is 5. The van der Waals surface area contributed by atoms with Gasteiger partial charge in [-0.2, -0.15) is 0 Å². The van der Waals surface area contributed by atoms with Crippen molar-refractivity contribution in [2.75, 3.05) is 20.8 Å². The smallest absolute Gasteiger partial charge is 0.336 e. The average Bonchev–Trinajstić information content (AvgIpc) is 2.78. The molecule has 0 aliphatic carbocycles. The topological polar surface area (TPSA) is 168 Å². The minimum Gasteiger partial charge on any atom is -0.496 e. The molecule has 1 saturated heterocycles. The first-order valence-electron chi connectivity index (χ1n) is 10.4. The lowest BCUT2D eigenvalue weighted by molar-refractivity contribution is -0.331. The Morgan fingerprint density at radius 3 is 2.39 bits per heavy atom. The second kappa shape index (κ2) is 9.94. The van der Waals surface area contributed by atoms with Gasteiger partial charge < -0.3 is 48.9 Å². The molecule has 0 radical (unpaired) electrons. The van der Waals surface area contributed by atoms with Gasteiger partial charge in [-0.1, -0.05) is 0 Å². The largest absolute Gasteiger partial charge is 0.496 e. The second-order valence-electron chi connectivity index (χ2n) is 8.40. The molecule has 2 heterocycles. The van der Waals surface area contributed by atoms with Crippen molar-refractivity contribution >= 4 is 11.0 Å². The molecule has 1 aromatic carbocycles. The van der Waals surface area contributed by atoms with Gasteiger partial charge in [-0.25, -0.2) is 4.79 Å². The Morgan fingerprint density at radius 2 is 1.79 bits per heavy atom. The molecular formula is C22H30O11. The van der Waals surface area contributed by atoms with Crippen LogP contribution in [0, 0.1) is 0 Å². The lowest BCUT2D eigenvalue weighted by atomic mass is 9.92. The number of fused-ring (bicyclic) bond motifs is 1. The molecular weight excluding hydrogens is 440 g/mol. The molecule has 1 aliphatic heterocycles. The molecule has 2 aromatic rings. The monoisotopic (exact) mass is 470 g/mol. The molecule has 33 heavy (non-hydrogen) atoms. The summed E-state index contributed by atoms with van der Waals surface area (Å²) in [5.74, 6) is 0.659. The molecule has 1 fully saturated rings. The van der Waals surface area contributed by atoms with Crippen LogP contribution in [-0.2, 0) is 15.9 Å². The molecule has 0 saturated carbocycles. The van der Waals surface area contributed by atoms with E-state index < -0.39 is 54.6 Å². The Labute approximate surface area is 189 Å². The Bertz CT molecular complexity index is 1020. The molecule has 6 atom stereocenters. The van der Waals surface area contributed by atoms with Crippen molar-refractivity contribution in [1.29, 1.82) is 0 Å². The fraction of sp³-hybridized carbons (Fsp3) is 0.591. The van der Waals surface area contributed by atoms with Crippen molar-refractivity contribution in [2.45, 2.75) is 62.7 Å². The third-order valence-corrected chi connectivity index (χ3v) is 5.83. The molecule has 5 N–H and O–H groups in total. The first-order chi connectivity index (χ1) is 15.5. The molecule has 0 spiro atoms. The molecule has 1 aromatic heterocycles. The van der Waals surface area contributed by atoms with Crippen molar-refractivity contribution in [3.63, 3.8) is 0 Å². The molecule has 0 unspecified atom stereocenters. The van der Waals surface area contributed by atoms with E-state index in [1.54, 1.807) is 19.9 Å². The lowest BCUT2D eigenvalue weighted by Crippen LogP contribution is -2.61. The van der Waals surface area contributed by atoms with E-state index in [-0.39, 0.29) is 12.0 Å². The van der Waals surface area contributed by atoms with Crippen LogP contribution in [-0.4, -0.2) is 88.8 Å². The van der Waals surface area contributed by atoms with Crippen LogP contribution in [0.2, 0.25) is 0 Å². The molecule has 3 rings (SSSR count). The summed E-state index contributed by atoms with van der Waals surface area (Å²) in [4.78, 5) is 11.6. The summed E-state index contributed by atoms with van der Waals surface area (Å²) in [5.41, 5.74) is -1.12. The Morgan fingerprint density at radius 1 is 1.09 bits per heavy atom. The van der Waals surface area contributed by atoms with Gasteiger partial charge in [0.05, 0.1) is 37.9 Å². The molecule has 0 bridgehead atoms. The maximum Gasteiger partial charge on any atom is 0.336 e. The minimum atomic E-state index is -1.61. The van der Waals surface area contributed by atoms with E-state index in [1.807, 2.05) is 0 Å². The van der Waals surface area contributed by atoms with Crippen LogP contribution >= 0.6 is 0 Å². The standard InChI is InChI=1S/C22H30O11/c1-22(2,33-21-19(28)18(27)17(26)14(9-23)32-21)15(24)7-11-12(29-3)8-13-10(20(11)30-4)5-6-16(25)31-13/h5-6,8,14-15,17-19,21,23-24,26-28H,7,9H2,1-4H3/t14-,15-,17-,18+,19-,21-/m1/s1. The first kappa shape index (κ1) is 25.4. The first-order valence-corrected chi connectivity index (χ1v) is 10.4. The van der Waals surface area contributed by atoms with Gasteiger partial charge in [0, 0.05) is 24.1 Å². The van der Waals surface area contributed by atoms with Gasteiger partial charge in [0.15, 0.2) is 6.29 Å². The zero-order valence-corrected chi connectivity index (χ0v) is 18.8. The Hall–Kier alpha value is -2.25. The second-order valence-corrected chi connectivity index (χ2v) is 8.40. The number of methoxy groups -OCH3 is 2. The summed E-state index contributed by atoms with van der Waals surface area (Å²) in [5, 5.41) is 51.1. The summed E-state index contributed by atoms with van der Waals surface area (Å²) in [6.45, 7) is 2.51. The van der Waals surface area contributed by atoms with Gasteiger partial charge in [-0.15, -0.1) is 0 Å². The molecule has 0 amide bonds. The molecule has 1 aliphatic rings. The SMILES string of the molecule is COc1cc2oc(=O)ccc2c(OC)c1C[C@@H](O)C(C)(C)O[C@H]1O[C@H](CO)[C@@H](O)[C@H](O)[C@H]1O. The highest BCUT2D eigenvalue weighted by Crippen LogP contribution is 2.39. The van der Waals surface area contributed by atoms with E-state index in [9.17, 15) is 30.3 Å². The van der Waals surface area contributed by atoms with Crippen molar-refractivity contribution in [2.24, 2.45) is 0 Å². The number of hydrogen-bond donors (Lipinski definition) is 5. The van der Waals surface area contributed by atoms with Crippen molar-refractivity contribution in [3.8, 4) is 11.5 Å². The normalized spacial score (nSPS) is 26.9. The molecule has 11 nitrogen and oxygen atoms in total. The Balaban J connectivity index is 1.88. The van der Waals surface area contributed by atoms with Crippen LogP contribution in [0.3, 0.4) is 0 Å². The van der Waals surface area contributed by atoms with Crippen molar-refractivity contribution in [3.05, 3.63) is 34.2 Å². The molecule has 11 heteroatoms. The summed E-state index contributed by atoms with van der Waals surface area (Å²) in [7, 11) is 2.86. The summed E-state index contributed by atoms with van der Waals surface area (Å²) >= 11 is 0. The van der Waals surface area contributed by atoms with E-state index in [2.05, 4.69) is 0 Å². The highest BCUT2D eigenvalue weighted by Gasteiger charge is 2.47. The zero-order valence-electron chi connectivity index (χ0n) is 18.8. The third kappa shape index (κ3) is 4.99. The predicted octanol–water partition coefficient (Wildman–Crippen LogP) is -0.691. The van der Waals surface area contributed by atoms with Crippen LogP contribution in [0.25, 0.3) is 11.0 Å². The predicted molar refractivity (Wildman–Crippen MR) is 114 cm³/mol. The quantitative estimate of drug-likeness (QED) is 0.310. The number of rotatable bonds is 8. The maximum atomic E-state index is 11.6. The highest BCUT2D eigenvalue weighted by atomic mass is 16.7. The van der Waals surface area contributed by atoms with E-state index in [1.165, 1.54) is 26.4 Å². The Kier molecular flexibility index (Phi) is 7.64. The number of aliphatic hydroxyl groups excluding tert-OH is 5. The van der Waals surface area contributed by atoms with Gasteiger partial charge in [-0.05, 0) is 19.9 Å². The van der Waals surface area contributed by atoms with Crippen LogP contribution in [0.15, 0.2) is 27.4 Å². The summed E-state index contributed by atoms with van der Waals surface area (Å²) in [6, 6.07) is 4.32. The van der Waals surface area contributed by atoms with Crippen LogP contribution < -0.4 is 15.1 Å². The van der Waals surface area contributed by atoms with Crippen LogP contribution in [0.4, 0.5) is 0 Å². The van der Waals surface area contributed by atoms with Gasteiger partial charge in [0.25, 0.3) is 0 Å². The van der Waals surface area contributed by atoms with E-state index in [4.69, 9.17) is 23.4 Å². The fourth-order valence-electron chi connectivity index (χ4n) is 3.80. The van der Waals surface area contributed by atoms with Gasteiger partial charge in [0.2, 0.25) is 0 Å². The van der Waals surface area contributed by atoms with E-state index in [0.29, 0.717) is 22.4 Å².